The molecule has 4 heteroatoms. The summed E-state index contributed by atoms with van der Waals surface area (Å²) in [6.07, 6.45) is 5.11. The molecule has 0 radical (unpaired) electrons. The molecule has 0 unspecified atom stereocenters. The van der Waals surface area contributed by atoms with Crippen molar-refractivity contribution in [2.75, 3.05) is 4.90 Å². The summed E-state index contributed by atoms with van der Waals surface area (Å²) in [5.41, 5.74) is 1.35. The van der Waals surface area contributed by atoms with Crippen molar-refractivity contribution in [1.82, 2.24) is 0 Å². The van der Waals surface area contributed by atoms with Gasteiger partial charge in [0.2, 0.25) is 11.8 Å². The molecule has 1 saturated heterocycles. The molecule has 1 saturated carbocycles. The number of imide groups is 1. The van der Waals surface area contributed by atoms with E-state index in [1.807, 2.05) is 0 Å². The largest absolute Gasteiger partial charge is 0.508 e. The molecule has 0 aromatic heterocycles. The van der Waals surface area contributed by atoms with E-state index in [0.29, 0.717) is 5.69 Å². The van der Waals surface area contributed by atoms with Crippen LogP contribution in [-0.2, 0) is 9.59 Å². The highest BCUT2D eigenvalue weighted by atomic mass is 16.3. The monoisotopic (exact) mass is 269 g/mol. The molecule has 3 aliphatic rings. The Labute approximate surface area is 116 Å². The lowest BCUT2D eigenvalue weighted by molar-refractivity contribution is -0.123. The fourth-order valence-corrected chi connectivity index (χ4v) is 4.03. The number of amides is 2. The molecule has 2 amide bonds. The average molecular weight is 269 g/mol. The summed E-state index contributed by atoms with van der Waals surface area (Å²) in [4.78, 5) is 26.6. The molecule has 2 fully saturated rings. The van der Waals surface area contributed by atoms with E-state index in [-0.39, 0.29) is 41.2 Å². The molecule has 4 rings (SSSR count). The van der Waals surface area contributed by atoms with Crippen LogP contribution < -0.4 is 4.90 Å². The van der Waals surface area contributed by atoms with Crippen molar-refractivity contribution in [2.24, 2.45) is 23.7 Å². The van der Waals surface area contributed by atoms with Gasteiger partial charge in [-0.2, -0.15) is 0 Å². The number of anilines is 1. The van der Waals surface area contributed by atoms with Crippen molar-refractivity contribution < 1.29 is 14.7 Å². The van der Waals surface area contributed by atoms with Crippen molar-refractivity contribution in [3.63, 3.8) is 0 Å². The van der Waals surface area contributed by atoms with Crippen LogP contribution in [0.5, 0.6) is 5.75 Å². The van der Waals surface area contributed by atoms with E-state index in [2.05, 4.69) is 12.2 Å². The third kappa shape index (κ3) is 1.31. The van der Waals surface area contributed by atoms with Crippen molar-refractivity contribution in [3.05, 3.63) is 35.9 Å². The lowest BCUT2D eigenvalue weighted by atomic mass is 9.85. The van der Waals surface area contributed by atoms with E-state index in [4.69, 9.17) is 0 Å². The van der Waals surface area contributed by atoms with Gasteiger partial charge >= 0.3 is 0 Å². The second kappa shape index (κ2) is 3.72. The van der Waals surface area contributed by atoms with Gasteiger partial charge in [0.15, 0.2) is 0 Å². The number of aromatic hydroxyl groups is 1. The van der Waals surface area contributed by atoms with E-state index < -0.39 is 0 Å². The number of rotatable bonds is 1. The number of phenols is 1. The summed E-state index contributed by atoms with van der Waals surface area (Å²) in [5.74, 6) is 0.0905. The number of nitrogens with zero attached hydrogens (tertiary/aromatic N) is 1. The van der Waals surface area contributed by atoms with Crippen molar-refractivity contribution in [1.29, 1.82) is 0 Å². The van der Waals surface area contributed by atoms with Crippen LogP contribution in [-0.4, -0.2) is 16.9 Å². The Morgan fingerprint density at radius 3 is 2.25 bits per heavy atom. The van der Waals surface area contributed by atoms with Gasteiger partial charge in [0.25, 0.3) is 0 Å². The zero-order valence-corrected chi connectivity index (χ0v) is 11.1. The molecule has 1 heterocycles. The number of allylic oxidation sites excluding steroid dienone is 2. The van der Waals surface area contributed by atoms with Crippen LogP contribution in [0.4, 0.5) is 5.69 Å². The SMILES string of the molecule is Cc1cc(O)ccc1N1C(=O)[C@@H]2[C@@H](C1=O)[C@H]1C=C[C@@H]2C1. The molecule has 1 aromatic carbocycles. The van der Waals surface area contributed by atoms with Crippen LogP contribution in [0.3, 0.4) is 0 Å². The summed E-state index contributed by atoms with van der Waals surface area (Å²) < 4.78 is 0. The third-order valence-corrected chi connectivity index (χ3v) is 4.89. The van der Waals surface area contributed by atoms with Gasteiger partial charge in [0.1, 0.15) is 5.75 Å². The van der Waals surface area contributed by atoms with Gasteiger partial charge in [0.05, 0.1) is 17.5 Å². The van der Waals surface area contributed by atoms with E-state index in [9.17, 15) is 14.7 Å². The van der Waals surface area contributed by atoms with Crippen LogP contribution in [0.25, 0.3) is 0 Å². The molecule has 2 aliphatic carbocycles. The molecule has 1 aromatic rings. The van der Waals surface area contributed by atoms with Gasteiger partial charge in [-0.25, -0.2) is 4.90 Å². The second-order valence-electron chi connectivity index (χ2n) is 5.98. The van der Waals surface area contributed by atoms with Crippen molar-refractivity contribution >= 4 is 17.5 Å². The van der Waals surface area contributed by atoms with Gasteiger partial charge in [-0.05, 0) is 48.9 Å². The maximum absolute atomic E-state index is 12.6. The number of carbonyl (C=O) groups excluding carboxylic acids is 2. The summed E-state index contributed by atoms with van der Waals surface area (Å²) in [6.45, 7) is 1.80. The fraction of sp³-hybridized carbons (Fsp3) is 0.375. The van der Waals surface area contributed by atoms with Gasteiger partial charge in [0, 0.05) is 0 Å². The molecule has 20 heavy (non-hydrogen) atoms. The summed E-state index contributed by atoms with van der Waals surface area (Å²) in [6, 6.07) is 4.75. The summed E-state index contributed by atoms with van der Waals surface area (Å²) >= 11 is 0. The summed E-state index contributed by atoms with van der Waals surface area (Å²) in [5, 5.41) is 9.47. The lowest BCUT2D eigenvalue weighted by Gasteiger charge is -2.19. The predicted molar refractivity (Wildman–Crippen MR) is 73.1 cm³/mol. The van der Waals surface area contributed by atoms with Crippen molar-refractivity contribution in [3.8, 4) is 5.75 Å². The number of phenolic OH excluding ortho intramolecular Hbond substituents is 1. The zero-order valence-electron chi connectivity index (χ0n) is 11.1. The van der Waals surface area contributed by atoms with E-state index in [1.165, 1.54) is 11.0 Å². The molecular weight excluding hydrogens is 254 g/mol. The predicted octanol–water partition coefficient (Wildman–Crippen LogP) is 2.01. The minimum absolute atomic E-state index is 0.0781. The van der Waals surface area contributed by atoms with Crippen molar-refractivity contribution in [2.45, 2.75) is 13.3 Å². The minimum atomic E-state index is -0.175. The molecule has 1 aliphatic heterocycles. The Hall–Kier alpha value is -2.10. The van der Waals surface area contributed by atoms with Crippen LogP contribution >= 0.6 is 0 Å². The van der Waals surface area contributed by atoms with Gasteiger partial charge < -0.3 is 5.11 Å². The first-order chi connectivity index (χ1) is 9.58. The Morgan fingerprint density at radius 1 is 1.10 bits per heavy atom. The third-order valence-electron chi connectivity index (χ3n) is 4.89. The van der Waals surface area contributed by atoms with Crippen LogP contribution in [0.1, 0.15) is 12.0 Å². The first kappa shape index (κ1) is 11.7. The highest BCUT2D eigenvalue weighted by Crippen LogP contribution is 2.53. The molecule has 0 spiro atoms. The highest BCUT2D eigenvalue weighted by Gasteiger charge is 2.59. The van der Waals surface area contributed by atoms with E-state index in [0.717, 1.165) is 12.0 Å². The molecular formula is C16H15NO3. The van der Waals surface area contributed by atoms with Crippen LogP contribution in [0, 0.1) is 30.6 Å². The number of hydrogen-bond donors (Lipinski definition) is 1. The molecule has 102 valence electrons. The Morgan fingerprint density at radius 2 is 1.70 bits per heavy atom. The fourth-order valence-electron chi connectivity index (χ4n) is 4.03. The standard InChI is InChI=1S/C16H15NO3/c1-8-6-11(18)4-5-12(8)17-15(19)13-9-2-3-10(7-9)14(13)16(17)20/h2-6,9-10,13-14,18H,7H2,1H3/t9-,10+,13-,14-/m0/s1. The first-order valence-corrected chi connectivity index (χ1v) is 6.93. The smallest absolute Gasteiger partial charge is 0.238 e. The number of benzene rings is 1. The Bertz CT molecular complexity index is 634. The van der Waals surface area contributed by atoms with Gasteiger partial charge in [-0.1, -0.05) is 12.2 Å². The molecule has 2 bridgehead atoms. The maximum Gasteiger partial charge on any atom is 0.238 e. The number of aryl methyl sites for hydroxylation is 1. The second-order valence-corrected chi connectivity index (χ2v) is 5.98. The van der Waals surface area contributed by atoms with Crippen LogP contribution in [0.2, 0.25) is 0 Å². The normalized spacial score (nSPS) is 34.1. The lowest BCUT2D eigenvalue weighted by Crippen LogP contribution is -2.33. The Kier molecular flexibility index (Phi) is 2.18. The van der Waals surface area contributed by atoms with Gasteiger partial charge in [-0.3, -0.25) is 9.59 Å². The maximum atomic E-state index is 12.6. The molecule has 4 nitrogen and oxygen atoms in total. The summed E-state index contributed by atoms with van der Waals surface area (Å²) in [7, 11) is 0. The van der Waals surface area contributed by atoms with E-state index in [1.54, 1.807) is 19.1 Å². The molecule has 1 N–H and O–H groups in total. The van der Waals surface area contributed by atoms with Gasteiger partial charge in [-0.15, -0.1) is 0 Å². The minimum Gasteiger partial charge on any atom is -0.508 e. The van der Waals surface area contributed by atoms with Crippen LogP contribution in [0.15, 0.2) is 30.4 Å². The highest BCUT2D eigenvalue weighted by molar-refractivity contribution is 6.23. The molecule has 4 atom stereocenters. The van der Waals surface area contributed by atoms with E-state index >= 15 is 0 Å². The topological polar surface area (TPSA) is 57.6 Å². The quantitative estimate of drug-likeness (QED) is 0.626. The zero-order chi connectivity index (χ0) is 14.0. The number of fused-ring (bicyclic) bond motifs is 5. The average Bonchev–Trinajstić information content (AvgIpc) is 3.06. The first-order valence-electron chi connectivity index (χ1n) is 6.93. The number of hydrogen-bond acceptors (Lipinski definition) is 3. The number of carbonyl (C=O) groups is 2. The Balaban J connectivity index is 1.78.